The smallest absolute Gasteiger partial charge is 0.0991 e. The minimum atomic E-state index is 0.512. The van der Waals surface area contributed by atoms with Gasteiger partial charge in [-0.2, -0.15) is 0 Å². The molecule has 0 amide bonds. The summed E-state index contributed by atoms with van der Waals surface area (Å²) in [7, 11) is 0. The maximum atomic E-state index is 6.22. The minimum absolute atomic E-state index is 0.512. The monoisotopic (exact) mass is 296 g/mol. The summed E-state index contributed by atoms with van der Waals surface area (Å²) in [5, 5.41) is 3.45. The Labute approximate surface area is 119 Å². The van der Waals surface area contributed by atoms with Crippen molar-refractivity contribution in [2.75, 3.05) is 0 Å². The zero-order chi connectivity index (χ0) is 12.7. The Bertz CT molecular complexity index is 721. The van der Waals surface area contributed by atoms with Crippen LogP contribution in [0.3, 0.4) is 0 Å². The summed E-state index contributed by atoms with van der Waals surface area (Å²) in [5.74, 6) is 0. The van der Waals surface area contributed by atoms with Crippen LogP contribution in [-0.4, -0.2) is 9.55 Å². The van der Waals surface area contributed by atoms with Gasteiger partial charge in [0.05, 0.1) is 22.1 Å². The fraction of sp³-hybridized carbons (Fsp3) is 0. The Kier molecular flexibility index (Phi) is 2.94. The third kappa shape index (κ3) is 1.87. The summed E-state index contributed by atoms with van der Waals surface area (Å²) >= 11 is 18.4. The number of benzene rings is 2. The first kappa shape index (κ1) is 11.8. The molecule has 0 aliphatic rings. The van der Waals surface area contributed by atoms with Gasteiger partial charge in [-0.1, -0.05) is 40.9 Å². The highest BCUT2D eigenvalue weighted by molar-refractivity contribution is 6.45. The van der Waals surface area contributed by atoms with Gasteiger partial charge in [0, 0.05) is 28.2 Å². The number of rotatable bonds is 1. The predicted octanol–water partition coefficient (Wildman–Crippen LogP) is 4.99. The molecule has 0 aliphatic carbocycles. The largest absolute Gasteiger partial charge is 0.306 e. The highest BCUT2D eigenvalue weighted by atomic mass is 35.5. The molecule has 5 heteroatoms. The van der Waals surface area contributed by atoms with E-state index in [1.807, 2.05) is 29.0 Å². The van der Waals surface area contributed by atoms with Gasteiger partial charge < -0.3 is 4.57 Å². The Morgan fingerprint density at radius 1 is 1.00 bits per heavy atom. The zero-order valence-corrected chi connectivity index (χ0v) is 11.3. The second-order valence-electron chi connectivity index (χ2n) is 3.85. The number of hydrogen-bond acceptors (Lipinski definition) is 1. The quantitative estimate of drug-likeness (QED) is 0.619. The maximum Gasteiger partial charge on any atom is 0.0991 e. The van der Waals surface area contributed by atoms with Crippen LogP contribution in [0.1, 0.15) is 0 Å². The van der Waals surface area contributed by atoms with Gasteiger partial charge in [-0.25, -0.2) is 4.98 Å². The molecule has 0 saturated carbocycles. The minimum Gasteiger partial charge on any atom is -0.306 e. The average Bonchev–Trinajstić information content (AvgIpc) is 2.87. The van der Waals surface area contributed by atoms with E-state index >= 15 is 0 Å². The van der Waals surface area contributed by atoms with E-state index in [1.54, 1.807) is 18.6 Å². The van der Waals surface area contributed by atoms with E-state index in [4.69, 9.17) is 34.8 Å². The molecule has 18 heavy (non-hydrogen) atoms. The normalized spacial score (nSPS) is 11.1. The van der Waals surface area contributed by atoms with Crippen LogP contribution < -0.4 is 0 Å². The van der Waals surface area contributed by atoms with Crippen molar-refractivity contribution in [3.63, 3.8) is 0 Å². The van der Waals surface area contributed by atoms with Crippen LogP contribution in [-0.2, 0) is 0 Å². The Hall–Kier alpha value is -1.22. The van der Waals surface area contributed by atoms with Crippen LogP contribution in [0.15, 0.2) is 43.0 Å². The molecule has 1 heterocycles. The van der Waals surface area contributed by atoms with Gasteiger partial charge in [-0.3, -0.25) is 0 Å². The maximum absolute atomic E-state index is 6.22. The third-order valence-corrected chi connectivity index (χ3v) is 3.79. The first-order valence-corrected chi connectivity index (χ1v) is 6.36. The topological polar surface area (TPSA) is 17.8 Å². The molecule has 90 valence electrons. The fourth-order valence-electron chi connectivity index (χ4n) is 1.93. The van der Waals surface area contributed by atoms with Gasteiger partial charge in [0.1, 0.15) is 0 Å². The number of aromatic nitrogens is 2. The molecule has 0 unspecified atom stereocenters. The summed E-state index contributed by atoms with van der Waals surface area (Å²) in [5.41, 5.74) is 0.925. The Morgan fingerprint density at radius 3 is 2.56 bits per heavy atom. The van der Waals surface area contributed by atoms with E-state index in [0.29, 0.717) is 15.1 Å². The van der Waals surface area contributed by atoms with Crippen LogP contribution in [0.25, 0.3) is 16.5 Å². The predicted molar refractivity (Wildman–Crippen MR) is 76.1 cm³/mol. The van der Waals surface area contributed by atoms with Crippen LogP contribution in [0.5, 0.6) is 0 Å². The molecule has 1 aromatic heterocycles. The van der Waals surface area contributed by atoms with Crippen LogP contribution in [0.4, 0.5) is 0 Å². The van der Waals surface area contributed by atoms with Gasteiger partial charge in [0.15, 0.2) is 0 Å². The van der Waals surface area contributed by atoms with Crippen molar-refractivity contribution >= 4 is 45.6 Å². The molecule has 0 fully saturated rings. The lowest BCUT2D eigenvalue weighted by atomic mass is 10.1. The first-order valence-electron chi connectivity index (χ1n) is 5.22. The molecule has 0 radical (unpaired) electrons. The molecule has 0 spiro atoms. The lowest BCUT2D eigenvalue weighted by Crippen LogP contribution is -1.92. The lowest BCUT2D eigenvalue weighted by Gasteiger charge is -2.10. The van der Waals surface area contributed by atoms with Crippen LogP contribution in [0, 0.1) is 0 Å². The lowest BCUT2D eigenvalue weighted by molar-refractivity contribution is 1.07. The Morgan fingerprint density at radius 2 is 1.83 bits per heavy atom. The molecular formula is C13H7Cl3N2. The molecular weight excluding hydrogens is 291 g/mol. The van der Waals surface area contributed by atoms with E-state index in [0.717, 1.165) is 16.5 Å². The molecule has 0 atom stereocenters. The van der Waals surface area contributed by atoms with Crippen molar-refractivity contribution in [3.05, 3.63) is 58.1 Å². The van der Waals surface area contributed by atoms with Crippen molar-refractivity contribution in [1.29, 1.82) is 0 Å². The highest BCUT2D eigenvalue weighted by Crippen LogP contribution is 2.35. The molecule has 3 aromatic rings. The van der Waals surface area contributed by atoms with Crippen molar-refractivity contribution in [3.8, 4) is 5.69 Å². The van der Waals surface area contributed by atoms with E-state index < -0.39 is 0 Å². The second kappa shape index (κ2) is 4.47. The van der Waals surface area contributed by atoms with Crippen molar-refractivity contribution in [1.82, 2.24) is 9.55 Å². The second-order valence-corrected chi connectivity index (χ2v) is 5.07. The zero-order valence-electron chi connectivity index (χ0n) is 9.07. The summed E-state index contributed by atoms with van der Waals surface area (Å²) in [4.78, 5) is 4.04. The van der Waals surface area contributed by atoms with Gasteiger partial charge in [0.25, 0.3) is 0 Å². The third-order valence-electron chi connectivity index (χ3n) is 2.75. The van der Waals surface area contributed by atoms with E-state index in [9.17, 15) is 0 Å². The summed E-state index contributed by atoms with van der Waals surface area (Å²) in [6, 6.07) is 7.39. The van der Waals surface area contributed by atoms with Gasteiger partial charge in [0.2, 0.25) is 0 Å². The number of imidazole rings is 1. The summed E-state index contributed by atoms with van der Waals surface area (Å²) in [6.07, 6.45) is 5.28. The molecule has 0 bridgehead atoms. The first-order chi connectivity index (χ1) is 8.66. The molecule has 0 N–H and O–H groups in total. The molecule has 2 aromatic carbocycles. The fourth-order valence-corrected chi connectivity index (χ4v) is 2.53. The van der Waals surface area contributed by atoms with Crippen LogP contribution in [0.2, 0.25) is 15.1 Å². The SMILES string of the molecule is Clc1cc(-n2ccnc2)c2ccc(Cl)c(Cl)c2c1. The van der Waals surface area contributed by atoms with Crippen molar-refractivity contribution in [2.24, 2.45) is 0 Å². The molecule has 0 aliphatic heterocycles. The van der Waals surface area contributed by atoms with E-state index in [-0.39, 0.29) is 0 Å². The average molecular weight is 298 g/mol. The van der Waals surface area contributed by atoms with Crippen LogP contribution >= 0.6 is 34.8 Å². The van der Waals surface area contributed by atoms with E-state index in [1.165, 1.54) is 0 Å². The summed E-state index contributed by atoms with van der Waals surface area (Å²) < 4.78 is 1.89. The number of halogens is 3. The molecule has 2 nitrogen and oxygen atoms in total. The van der Waals surface area contributed by atoms with Crippen molar-refractivity contribution < 1.29 is 0 Å². The van der Waals surface area contributed by atoms with Gasteiger partial charge in [-0.05, 0) is 18.2 Å². The number of fused-ring (bicyclic) bond motifs is 1. The Balaban J connectivity index is 2.43. The standard InChI is InChI=1S/C13H7Cl3N2/c14-8-5-10-9(1-2-11(15)13(10)16)12(6-8)18-4-3-17-7-18/h1-7H. The number of nitrogens with zero attached hydrogens (tertiary/aromatic N) is 2. The molecule has 0 saturated heterocycles. The van der Waals surface area contributed by atoms with Gasteiger partial charge in [-0.15, -0.1) is 0 Å². The number of hydrogen-bond donors (Lipinski definition) is 0. The highest BCUT2D eigenvalue weighted by Gasteiger charge is 2.10. The summed E-state index contributed by atoms with van der Waals surface area (Å²) in [6.45, 7) is 0. The van der Waals surface area contributed by atoms with Crippen molar-refractivity contribution in [2.45, 2.75) is 0 Å². The van der Waals surface area contributed by atoms with E-state index in [2.05, 4.69) is 4.98 Å². The van der Waals surface area contributed by atoms with Gasteiger partial charge >= 0.3 is 0 Å². The molecule has 3 rings (SSSR count).